The summed E-state index contributed by atoms with van der Waals surface area (Å²) in [6, 6.07) is 0.763. The van der Waals surface area contributed by atoms with Crippen LogP contribution in [-0.4, -0.2) is 70.9 Å². The fourth-order valence-electron chi connectivity index (χ4n) is 3.87. The fourth-order valence-corrected chi connectivity index (χ4v) is 3.87. The molecular formula is C16H32Cl2N6. The van der Waals surface area contributed by atoms with Crippen LogP contribution in [0.1, 0.15) is 43.3 Å². The van der Waals surface area contributed by atoms with Crippen LogP contribution in [0.3, 0.4) is 0 Å². The smallest absolute Gasteiger partial charge is 0.146 e. The van der Waals surface area contributed by atoms with E-state index in [4.69, 9.17) is 0 Å². The molecule has 0 saturated carbocycles. The Labute approximate surface area is 158 Å². The van der Waals surface area contributed by atoms with E-state index in [1.54, 1.807) is 0 Å². The minimum atomic E-state index is 0. The van der Waals surface area contributed by atoms with Crippen LogP contribution in [0.2, 0.25) is 0 Å². The maximum Gasteiger partial charge on any atom is 0.146 e. The minimum Gasteiger partial charge on any atom is -0.317 e. The molecular weight excluding hydrogens is 347 g/mol. The number of hydrogen-bond donors (Lipinski definition) is 1. The number of aromatic nitrogens is 3. The highest BCUT2D eigenvalue weighted by Gasteiger charge is 2.30. The third kappa shape index (κ3) is 5.05. The monoisotopic (exact) mass is 378 g/mol. The van der Waals surface area contributed by atoms with Gasteiger partial charge in [-0.3, -0.25) is 4.90 Å². The van der Waals surface area contributed by atoms with Gasteiger partial charge < -0.3 is 14.8 Å². The lowest BCUT2D eigenvalue weighted by Gasteiger charge is -2.39. The second-order valence-corrected chi connectivity index (χ2v) is 7.09. The highest BCUT2D eigenvalue weighted by atomic mass is 35.5. The van der Waals surface area contributed by atoms with Crippen molar-refractivity contribution < 1.29 is 0 Å². The fraction of sp³-hybridized carbons (Fsp3) is 0.875. The van der Waals surface area contributed by atoms with E-state index in [-0.39, 0.29) is 24.8 Å². The van der Waals surface area contributed by atoms with E-state index in [9.17, 15) is 0 Å². The maximum atomic E-state index is 4.52. The number of rotatable bonds is 4. The molecule has 140 valence electrons. The quantitative estimate of drug-likeness (QED) is 0.862. The van der Waals surface area contributed by atoms with E-state index >= 15 is 0 Å². The number of nitrogens with zero attached hydrogens (tertiary/aromatic N) is 5. The van der Waals surface area contributed by atoms with Gasteiger partial charge in [0.1, 0.15) is 11.6 Å². The molecule has 2 saturated heterocycles. The van der Waals surface area contributed by atoms with Crippen molar-refractivity contribution in [3.63, 3.8) is 0 Å². The molecule has 1 aromatic rings. The van der Waals surface area contributed by atoms with Crippen molar-refractivity contribution in [2.75, 3.05) is 40.3 Å². The molecule has 0 bridgehead atoms. The summed E-state index contributed by atoms with van der Waals surface area (Å²) >= 11 is 0. The molecule has 0 amide bonds. The third-order valence-corrected chi connectivity index (χ3v) is 5.10. The summed E-state index contributed by atoms with van der Waals surface area (Å²) in [4.78, 5) is 4.85. The lowest BCUT2D eigenvalue weighted by molar-refractivity contribution is 0.120. The van der Waals surface area contributed by atoms with Crippen LogP contribution in [0.15, 0.2) is 0 Å². The van der Waals surface area contributed by atoms with Crippen LogP contribution in [0.25, 0.3) is 0 Å². The van der Waals surface area contributed by atoms with Crippen LogP contribution in [0.5, 0.6) is 0 Å². The first-order chi connectivity index (χ1) is 10.6. The second kappa shape index (κ2) is 9.92. The molecule has 0 aliphatic carbocycles. The van der Waals surface area contributed by atoms with Gasteiger partial charge in [0.2, 0.25) is 0 Å². The molecule has 1 aromatic heterocycles. The molecule has 1 atom stereocenters. The number of halogens is 2. The van der Waals surface area contributed by atoms with Crippen molar-refractivity contribution in [1.82, 2.24) is 29.9 Å². The minimum absolute atomic E-state index is 0. The Morgan fingerprint density at radius 1 is 1.12 bits per heavy atom. The topological polar surface area (TPSA) is 49.2 Å². The number of likely N-dealkylation sites (tertiary alicyclic amines) is 1. The lowest BCUT2D eigenvalue weighted by atomic mass is 9.93. The van der Waals surface area contributed by atoms with Gasteiger partial charge in [-0.25, -0.2) is 0 Å². The van der Waals surface area contributed by atoms with E-state index < -0.39 is 0 Å². The molecule has 1 N–H and O–H groups in total. The predicted molar refractivity (Wildman–Crippen MR) is 102 cm³/mol. The molecule has 6 nitrogen and oxygen atoms in total. The van der Waals surface area contributed by atoms with E-state index in [2.05, 4.69) is 51.0 Å². The summed E-state index contributed by atoms with van der Waals surface area (Å²) in [6.45, 7) is 5.60. The molecule has 2 fully saturated rings. The molecule has 8 heteroatoms. The van der Waals surface area contributed by atoms with Gasteiger partial charge in [-0.05, 0) is 59.4 Å². The van der Waals surface area contributed by atoms with E-state index in [1.807, 2.05) is 0 Å². The average molecular weight is 379 g/mol. The molecule has 3 rings (SSSR count). The van der Waals surface area contributed by atoms with Gasteiger partial charge in [-0.15, -0.1) is 35.0 Å². The first-order valence-corrected chi connectivity index (χ1v) is 8.63. The summed E-state index contributed by atoms with van der Waals surface area (Å²) in [6.07, 6.45) is 5.11. The van der Waals surface area contributed by atoms with Gasteiger partial charge in [0, 0.05) is 25.6 Å². The van der Waals surface area contributed by atoms with Gasteiger partial charge in [0.05, 0.1) is 6.54 Å². The summed E-state index contributed by atoms with van der Waals surface area (Å²) in [5.74, 6) is 2.78. The Bertz CT molecular complexity index is 487. The standard InChI is InChI=1S/C16H30N6.2ClH/c1-20(2)12-15-18-19-16(21(15)3)13-5-4-10-22(11-13)14-6-8-17-9-7-14;;/h13-14,17H,4-12H2,1-3H3;2*1H. The van der Waals surface area contributed by atoms with Gasteiger partial charge in [-0.2, -0.15) is 0 Å². The van der Waals surface area contributed by atoms with Crippen molar-refractivity contribution in [3.8, 4) is 0 Å². The molecule has 0 aromatic carbocycles. The Balaban J connectivity index is 0.00000144. The van der Waals surface area contributed by atoms with Crippen molar-refractivity contribution in [3.05, 3.63) is 11.6 Å². The van der Waals surface area contributed by atoms with E-state index in [1.165, 1.54) is 51.1 Å². The third-order valence-electron chi connectivity index (χ3n) is 5.10. The summed E-state index contributed by atoms with van der Waals surface area (Å²) in [5.41, 5.74) is 0. The highest BCUT2D eigenvalue weighted by Crippen LogP contribution is 2.28. The highest BCUT2D eigenvalue weighted by molar-refractivity contribution is 5.85. The Kier molecular flexibility index (Phi) is 8.95. The van der Waals surface area contributed by atoms with Gasteiger partial charge in [0.25, 0.3) is 0 Å². The number of hydrogen-bond acceptors (Lipinski definition) is 5. The van der Waals surface area contributed by atoms with Crippen LogP contribution in [0.4, 0.5) is 0 Å². The van der Waals surface area contributed by atoms with Crippen molar-refractivity contribution in [2.24, 2.45) is 7.05 Å². The first kappa shape index (κ1) is 21.6. The van der Waals surface area contributed by atoms with Crippen LogP contribution >= 0.6 is 24.8 Å². The lowest BCUT2D eigenvalue weighted by Crippen LogP contribution is -2.47. The summed E-state index contributed by atoms with van der Waals surface area (Å²) < 4.78 is 2.22. The van der Waals surface area contributed by atoms with E-state index in [0.29, 0.717) is 5.92 Å². The summed E-state index contributed by atoms with van der Waals surface area (Å²) in [7, 11) is 6.28. The van der Waals surface area contributed by atoms with Crippen LogP contribution < -0.4 is 5.32 Å². The molecule has 0 radical (unpaired) electrons. The SMILES string of the molecule is CN(C)Cc1nnc(C2CCCN(C3CCNCC3)C2)n1C.Cl.Cl. The molecule has 1 unspecified atom stereocenters. The van der Waals surface area contributed by atoms with Gasteiger partial charge in [-0.1, -0.05) is 0 Å². The molecule has 0 spiro atoms. The predicted octanol–water partition coefficient (Wildman–Crippen LogP) is 1.65. The maximum absolute atomic E-state index is 4.52. The normalized spacial score (nSPS) is 22.9. The van der Waals surface area contributed by atoms with E-state index in [0.717, 1.165) is 25.0 Å². The second-order valence-electron chi connectivity index (χ2n) is 7.09. The Morgan fingerprint density at radius 3 is 2.50 bits per heavy atom. The molecule has 2 aliphatic heterocycles. The molecule has 2 aliphatic rings. The van der Waals surface area contributed by atoms with Gasteiger partial charge >= 0.3 is 0 Å². The van der Waals surface area contributed by atoms with Crippen LogP contribution in [-0.2, 0) is 13.6 Å². The van der Waals surface area contributed by atoms with Crippen LogP contribution in [0, 0.1) is 0 Å². The number of piperidine rings is 2. The molecule has 3 heterocycles. The molecule has 24 heavy (non-hydrogen) atoms. The average Bonchev–Trinajstić information content (AvgIpc) is 2.89. The largest absolute Gasteiger partial charge is 0.317 e. The summed E-state index contributed by atoms with van der Waals surface area (Å²) in [5, 5.41) is 12.4. The van der Waals surface area contributed by atoms with Crippen molar-refractivity contribution in [1.29, 1.82) is 0 Å². The van der Waals surface area contributed by atoms with Crippen molar-refractivity contribution >= 4 is 24.8 Å². The Hall–Kier alpha value is -0.400. The van der Waals surface area contributed by atoms with Gasteiger partial charge in [0.15, 0.2) is 0 Å². The zero-order valence-electron chi connectivity index (χ0n) is 15.1. The zero-order chi connectivity index (χ0) is 15.5. The zero-order valence-corrected chi connectivity index (χ0v) is 16.7. The number of nitrogens with one attached hydrogen (secondary N) is 1. The first-order valence-electron chi connectivity index (χ1n) is 8.63. The van der Waals surface area contributed by atoms with Crippen molar-refractivity contribution in [2.45, 2.75) is 44.2 Å². The Morgan fingerprint density at radius 2 is 1.83 bits per heavy atom.